The van der Waals surface area contributed by atoms with Crippen LogP contribution in [-0.2, 0) is 9.59 Å². The van der Waals surface area contributed by atoms with E-state index in [0.717, 1.165) is 45.2 Å². The van der Waals surface area contributed by atoms with Crippen LogP contribution in [0.3, 0.4) is 0 Å². The predicted octanol–water partition coefficient (Wildman–Crippen LogP) is 0.523. The van der Waals surface area contributed by atoms with Crippen LogP contribution in [0.4, 0.5) is 0 Å². The van der Waals surface area contributed by atoms with E-state index in [1.807, 2.05) is 4.90 Å². The summed E-state index contributed by atoms with van der Waals surface area (Å²) >= 11 is 0. The topological polar surface area (TPSA) is 49.4 Å². The number of hydrogen-bond acceptors (Lipinski definition) is 2. The Balaban J connectivity index is 1.48. The maximum absolute atomic E-state index is 11.8. The summed E-state index contributed by atoms with van der Waals surface area (Å²) in [6.45, 7) is 1.55. The molecule has 2 aliphatic carbocycles. The molecule has 16 heavy (non-hydrogen) atoms. The van der Waals surface area contributed by atoms with Crippen molar-refractivity contribution in [1.82, 2.24) is 10.2 Å². The Morgan fingerprint density at radius 2 is 1.69 bits per heavy atom. The van der Waals surface area contributed by atoms with Crippen LogP contribution < -0.4 is 5.32 Å². The summed E-state index contributed by atoms with van der Waals surface area (Å²) in [6.07, 6.45) is 5.15. The van der Waals surface area contributed by atoms with E-state index in [0.29, 0.717) is 11.8 Å². The lowest BCUT2D eigenvalue weighted by atomic mass is 10.2. The number of hydrogen-bond donors (Lipinski definition) is 1. The Bertz CT molecular complexity index is 321. The molecule has 1 aliphatic heterocycles. The predicted molar refractivity (Wildman–Crippen MR) is 58.6 cm³/mol. The summed E-state index contributed by atoms with van der Waals surface area (Å²) in [6, 6.07) is 0.204. The van der Waals surface area contributed by atoms with Crippen molar-refractivity contribution >= 4 is 11.8 Å². The van der Waals surface area contributed by atoms with Gasteiger partial charge in [0, 0.05) is 31.0 Å². The molecule has 3 rings (SSSR count). The van der Waals surface area contributed by atoms with E-state index in [4.69, 9.17) is 0 Å². The minimum atomic E-state index is 0.200. The molecular formula is C12H18N2O2. The van der Waals surface area contributed by atoms with Gasteiger partial charge < -0.3 is 10.2 Å². The van der Waals surface area contributed by atoms with Gasteiger partial charge >= 0.3 is 0 Å². The van der Waals surface area contributed by atoms with E-state index in [1.54, 1.807) is 0 Å². The molecule has 0 aromatic carbocycles. The normalized spacial score (nSPS) is 29.2. The molecule has 1 atom stereocenters. The molecule has 0 aromatic heterocycles. The second-order valence-electron chi connectivity index (χ2n) is 5.33. The minimum absolute atomic E-state index is 0.200. The van der Waals surface area contributed by atoms with Gasteiger partial charge in [-0.15, -0.1) is 0 Å². The second kappa shape index (κ2) is 3.75. The number of nitrogens with zero attached hydrogens (tertiary/aromatic N) is 1. The Labute approximate surface area is 95.4 Å². The first-order valence-corrected chi connectivity index (χ1v) is 6.33. The van der Waals surface area contributed by atoms with Crippen molar-refractivity contribution in [3.8, 4) is 0 Å². The van der Waals surface area contributed by atoms with Crippen LogP contribution in [0.15, 0.2) is 0 Å². The summed E-state index contributed by atoms with van der Waals surface area (Å²) in [5.74, 6) is 1.08. The quantitative estimate of drug-likeness (QED) is 0.757. The lowest BCUT2D eigenvalue weighted by Crippen LogP contribution is -2.39. The van der Waals surface area contributed by atoms with Gasteiger partial charge in [0.05, 0.1) is 0 Å². The Morgan fingerprint density at radius 3 is 2.31 bits per heavy atom. The molecule has 1 saturated heterocycles. The smallest absolute Gasteiger partial charge is 0.225 e. The summed E-state index contributed by atoms with van der Waals surface area (Å²) in [7, 11) is 0. The fraction of sp³-hybridized carbons (Fsp3) is 0.833. The van der Waals surface area contributed by atoms with Crippen LogP contribution in [0.1, 0.15) is 32.1 Å². The van der Waals surface area contributed by atoms with E-state index in [-0.39, 0.29) is 17.9 Å². The molecule has 0 radical (unpaired) electrons. The van der Waals surface area contributed by atoms with Gasteiger partial charge in [0.2, 0.25) is 11.8 Å². The highest BCUT2D eigenvalue weighted by atomic mass is 16.2. The molecule has 4 nitrogen and oxygen atoms in total. The molecule has 88 valence electrons. The van der Waals surface area contributed by atoms with Gasteiger partial charge in [0.1, 0.15) is 0 Å². The van der Waals surface area contributed by atoms with Crippen LogP contribution in [0.2, 0.25) is 0 Å². The molecular weight excluding hydrogens is 204 g/mol. The summed E-state index contributed by atoms with van der Waals surface area (Å²) in [5, 5.41) is 3.05. The molecule has 3 fully saturated rings. The van der Waals surface area contributed by atoms with Crippen molar-refractivity contribution in [2.45, 2.75) is 38.1 Å². The third-order valence-corrected chi connectivity index (χ3v) is 3.72. The number of carbonyl (C=O) groups excluding carboxylic acids is 2. The maximum Gasteiger partial charge on any atom is 0.225 e. The molecule has 3 aliphatic rings. The lowest BCUT2D eigenvalue weighted by Gasteiger charge is -2.16. The number of likely N-dealkylation sites (tertiary alicyclic amines) is 1. The molecule has 0 unspecified atom stereocenters. The fourth-order valence-corrected chi connectivity index (χ4v) is 2.33. The highest BCUT2D eigenvalue weighted by Gasteiger charge is 2.38. The van der Waals surface area contributed by atoms with Gasteiger partial charge in [-0.1, -0.05) is 0 Å². The molecule has 0 spiro atoms. The Morgan fingerprint density at radius 1 is 1.00 bits per heavy atom. The van der Waals surface area contributed by atoms with E-state index in [2.05, 4.69) is 5.32 Å². The Kier molecular flexibility index (Phi) is 2.37. The monoisotopic (exact) mass is 222 g/mol. The van der Waals surface area contributed by atoms with Crippen molar-refractivity contribution < 1.29 is 9.59 Å². The molecule has 2 saturated carbocycles. The minimum Gasteiger partial charge on any atom is -0.351 e. The van der Waals surface area contributed by atoms with Gasteiger partial charge in [-0.2, -0.15) is 0 Å². The van der Waals surface area contributed by atoms with E-state index in [9.17, 15) is 9.59 Å². The molecule has 1 N–H and O–H groups in total. The van der Waals surface area contributed by atoms with Crippen LogP contribution in [0.5, 0.6) is 0 Å². The van der Waals surface area contributed by atoms with Crippen LogP contribution in [0, 0.1) is 11.8 Å². The average Bonchev–Trinajstić information content (AvgIpc) is 3.14. The Hall–Kier alpha value is -1.06. The van der Waals surface area contributed by atoms with Crippen molar-refractivity contribution in [2.24, 2.45) is 11.8 Å². The molecule has 0 aromatic rings. The molecule has 0 bridgehead atoms. The summed E-state index contributed by atoms with van der Waals surface area (Å²) < 4.78 is 0. The first kappa shape index (κ1) is 10.1. The molecule has 2 amide bonds. The van der Waals surface area contributed by atoms with E-state index in [1.165, 1.54) is 0 Å². The standard InChI is InChI=1S/C12H18N2O2/c15-11(8-1-2-8)13-10-5-6-14(7-10)12(16)9-3-4-9/h8-10H,1-7H2,(H,13,15)/t10-/m1/s1. The van der Waals surface area contributed by atoms with Gasteiger partial charge in [0.15, 0.2) is 0 Å². The zero-order valence-corrected chi connectivity index (χ0v) is 9.45. The average molecular weight is 222 g/mol. The summed E-state index contributed by atoms with van der Waals surface area (Å²) in [4.78, 5) is 25.3. The fourth-order valence-electron chi connectivity index (χ4n) is 2.33. The van der Waals surface area contributed by atoms with Gasteiger partial charge in [0.25, 0.3) is 0 Å². The summed E-state index contributed by atoms with van der Waals surface area (Å²) in [5.41, 5.74) is 0. The van der Waals surface area contributed by atoms with Crippen molar-refractivity contribution in [1.29, 1.82) is 0 Å². The number of carbonyl (C=O) groups is 2. The maximum atomic E-state index is 11.8. The zero-order valence-electron chi connectivity index (χ0n) is 9.45. The van der Waals surface area contributed by atoms with Crippen LogP contribution in [0.25, 0.3) is 0 Å². The van der Waals surface area contributed by atoms with Crippen LogP contribution >= 0.6 is 0 Å². The van der Waals surface area contributed by atoms with Crippen molar-refractivity contribution in [3.05, 3.63) is 0 Å². The first-order valence-electron chi connectivity index (χ1n) is 6.33. The van der Waals surface area contributed by atoms with Crippen LogP contribution in [-0.4, -0.2) is 35.8 Å². The molecule has 1 heterocycles. The van der Waals surface area contributed by atoms with E-state index < -0.39 is 0 Å². The largest absolute Gasteiger partial charge is 0.351 e. The highest BCUT2D eigenvalue weighted by Crippen LogP contribution is 2.32. The zero-order chi connectivity index (χ0) is 11.1. The molecule has 4 heteroatoms. The van der Waals surface area contributed by atoms with Crippen molar-refractivity contribution in [3.63, 3.8) is 0 Å². The highest BCUT2D eigenvalue weighted by molar-refractivity contribution is 5.82. The number of rotatable bonds is 3. The van der Waals surface area contributed by atoms with E-state index >= 15 is 0 Å². The SMILES string of the molecule is O=C(N[C@@H]1CCN(C(=O)C2CC2)C1)C1CC1. The number of nitrogens with one attached hydrogen (secondary N) is 1. The lowest BCUT2D eigenvalue weighted by molar-refractivity contribution is -0.132. The van der Waals surface area contributed by atoms with Crippen molar-refractivity contribution in [2.75, 3.05) is 13.1 Å². The third kappa shape index (κ3) is 2.06. The second-order valence-corrected chi connectivity index (χ2v) is 5.33. The van der Waals surface area contributed by atoms with Gasteiger partial charge in [-0.25, -0.2) is 0 Å². The first-order chi connectivity index (χ1) is 7.74. The van der Waals surface area contributed by atoms with Gasteiger partial charge in [-0.3, -0.25) is 9.59 Å². The van der Waals surface area contributed by atoms with Gasteiger partial charge in [-0.05, 0) is 32.1 Å². The third-order valence-electron chi connectivity index (χ3n) is 3.72. The number of amides is 2.